The van der Waals surface area contributed by atoms with Crippen molar-refractivity contribution >= 4 is 5.97 Å². The molecular weight excluding hydrogens is 168 g/mol. The molecule has 0 atom stereocenters. The molecule has 0 heterocycles. The Hall–Kier alpha value is -0.570. The zero-order valence-corrected chi connectivity index (χ0v) is 8.84. The van der Waals surface area contributed by atoms with Gasteiger partial charge in [-0.1, -0.05) is 13.8 Å². The normalized spacial score (nSPS) is 10.5. The Morgan fingerprint density at radius 3 is 2.54 bits per heavy atom. The zero-order chi connectivity index (χ0) is 10.1. The van der Waals surface area contributed by atoms with E-state index in [0.717, 1.165) is 19.4 Å². The summed E-state index contributed by atoms with van der Waals surface area (Å²) >= 11 is 0. The molecule has 0 bridgehead atoms. The predicted octanol–water partition coefficient (Wildman–Crippen LogP) is 2.00. The van der Waals surface area contributed by atoms with Gasteiger partial charge in [-0.2, -0.15) is 0 Å². The molecule has 0 aliphatic heterocycles. The molecule has 0 rings (SSSR count). The van der Waals surface area contributed by atoms with E-state index in [-0.39, 0.29) is 5.97 Å². The second kappa shape index (κ2) is 8.05. The molecule has 0 spiro atoms. The highest BCUT2D eigenvalue weighted by atomic mass is 16.5. The van der Waals surface area contributed by atoms with Crippen LogP contribution in [0.2, 0.25) is 0 Å². The molecule has 13 heavy (non-hydrogen) atoms. The fourth-order valence-electron chi connectivity index (χ4n) is 0.842. The number of hydrogen-bond donors (Lipinski definition) is 0. The van der Waals surface area contributed by atoms with Crippen molar-refractivity contribution in [1.82, 2.24) is 0 Å². The summed E-state index contributed by atoms with van der Waals surface area (Å²) in [6, 6.07) is 0. The Kier molecular flexibility index (Phi) is 7.69. The highest BCUT2D eigenvalue weighted by molar-refractivity contribution is 5.68. The number of esters is 1. The number of methoxy groups -OCH3 is 1. The molecule has 0 aromatic rings. The van der Waals surface area contributed by atoms with Gasteiger partial charge >= 0.3 is 5.97 Å². The lowest BCUT2D eigenvalue weighted by molar-refractivity contribution is -0.141. The fraction of sp³-hybridized carbons (Fsp3) is 0.900. The Morgan fingerprint density at radius 2 is 2.00 bits per heavy atom. The summed E-state index contributed by atoms with van der Waals surface area (Å²) in [7, 11) is 1.40. The van der Waals surface area contributed by atoms with E-state index in [2.05, 4.69) is 18.6 Å². The van der Waals surface area contributed by atoms with Crippen LogP contribution in [0.25, 0.3) is 0 Å². The lowest BCUT2D eigenvalue weighted by Gasteiger charge is -2.05. The van der Waals surface area contributed by atoms with Crippen molar-refractivity contribution in [2.24, 2.45) is 5.92 Å². The van der Waals surface area contributed by atoms with Gasteiger partial charge in [0.05, 0.1) is 7.11 Å². The van der Waals surface area contributed by atoms with Crippen molar-refractivity contribution < 1.29 is 14.3 Å². The molecule has 0 aromatic carbocycles. The smallest absolute Gasteiger partial charge is 0.305 e. The second-order valence-electron chi connectivity index (χ2n) is 3.47. The van der Waals surface area contributed by atoms with Gasteiger partial charge in [0.15, 0.2) is 0 Å². The highest BCUT2D eigenvalue weighted by Crippen LogP contribution is 2.00. The number of ether oxygens (including phenoxy) is 2. The van der Waals surface area contributed by atoms with Gasteiger partial charge in [-0.05, 0) is 18.8 Å². The topological polar surface area (TPSA) is 35.5 Å². The van der Waals surface area contributed by atoms with Gasteiger partial charge < -0.3 is 9.47 Å². The Morgan fingerprint density at radius 1 is 1.31 bits per heavy atom. The summed E-state index contributed by atoms with van der Waals surface area (Å²) in [5.74, 6) is 0.521. The van der Waals surface area contributed by atoms with E-state index in [4.69, 9.17) is 4.74 Å². The van der Waals surface area contributed by atoms with E-state index >= 15 is 0 Å². The van der Waals surface area contributed by atoms with Gasteiger partial charge in [-0.15, -0.1) is 0 Å². The van der Waals surface area contributed by atoms with Crippen molar-refractivity contribution in [2.45, 2.75) is 33.1 Å². The molecule has 0 unspecified atom stereocenters. The first kappa shape index (κ1) is 12.4. The standard InChI is InChI=1S/C10H20O3/c1-9(2)6-8-13-7-4-5-10(11)12-3/h9H,4-8H2,1-3H3. The van der Waals surface area contributed by atoms with Crippen LogP contribution >= 0.6 is 0 Å². The maximum atomic E-state index is 10.7. The molecule has 0 radical (unpaired) electrons. The minimum atomic E-state index is -0.160. The first-order valence-corrected chi connectivity index (χ1v) is 4.81. The van der Waals surface area contributed by atoms with Crippen molar-refractivity contribution in [3.05, 3.63) is 0 Å². The third kappa shape index (κ3) is 9.34. The van der Waals surface area contributed by atoms with Crippen molar-refractivity contribution in [3.63, 3.8) is 0 Å². The van der Waals surface area contributed by atoms with Gasteiger partial charge in [0.2, 0.25) is 0 Å². The van der Waals surface area contributed by atoms with E-state index in [1.807, 2.05) is 0 Å². The number of carbonyl (C=O) groups excluding carboxylic acids is 1. The van der Waals surface area contributed by atoms with E-state index in [0.29, 0.717) is 18.9 Å². The van der Waals surface area contributed by atoms with E-state index in [1.165, 1.54) is 7.11 Å². The number of rotatable bonds is 7. The lowest BCUT2D eigenvalue weighted by atomic mass is 10.1. The van der Waals surface area contributed by atoms with Crippen LogP contribution in [0, 0.1) is 5.92 Å². The number of hydrogen-bond acceptors (Lipinski definition) is 3. The number of carbonyl (C=O) groups is 1. The van der Waals surface area contributed by atoms with Crippen LogP contribution in [-0.4, -0.2) is 26.3 Å². The Bertz CT molecular complexity index is 132. The minimum absolute atomic E-state index is 0.160. The molecule has 0 fully saturated rings. The molecule has 3 heteroatoms. The van der Waals surface area contributed by atoms with E-state index < -0.39 is 0 Å². The van der Waals surface area contributed by atoms with Gasteiger partial charge in [0.1, 0.15) is 0 Å². The Balaban J connectivity index is 3.04. The minimum Gasteiger partial charge on any atom is -0.469 e. The average Bonchev–Trinajstić information content (AvgIpc) is 2.10. The fourth-order valence-corrected chi connectivity index (χ4v) is 0.842. The van der Waals surface area contributed by atoms with Crippen LogP contribution in [-0.2, 0) is 14.3 Å². The van der Waals surface area contributed by atoms with Gasteiger partial charge in [0.25, 0.3) is 0 Å². The predicted molar refractivity (Wildman–Crippen MR) is 51.5 cm³/mol. The zero-order valence-electron chi connectivity index (χ0n) is 8.84. The monoisotopic (exact) mass is 188 g/mol. The summed E-state index contributed by atoms with van der Waals surface area (Å²) in [6.07, 6.45) is 2.29. The van der Waals surface area contributed by atoms with Crippen LogP contribution in [0.3, 0.4) is 0 Å². The van der Waals surface area contributed by atoms with Crippen LogP contribution < -0.4 is 0 Å². The average molecular weight is 188 g/mol. The van der Waals surface area contributed by atoms with Crippen molar-refractivity contribution in [2.75, 3.05) is 20.3 Å². The summed E-state index contributed by atoms with van der Waals surface area (Å²) < 4.78 is 9.83. The third-order valence-corrected chi connectivity index (χ3v) is 1.74. The third-order valence-electron chi connectivity index (χ3n) is 1.74. The van der Waals surface area contributed by atoms with E-state index in [9.17, 15) is 4.79 Å². The second-order valence-corrected chi connectivity index (χ2v) is 3.47. The van der Waals surface area contributed by atoms with E-state index in [1.54, 1.807) is 0 Å². The summed E-state index contributed by atoms with van der Waals surface area (Å²) in [5.41, 5.74) is 0. The molecule has 0 saturated heterocycles. The maximum Gasteiger partial charge on any atom is 0.305 e. The molecule has 0 aliphatic rings. The van der Waals surface area contributed by atoms with Crippen LogP contribution in [0.1, 0.15) is 33.1 Å². The molecule has 0 amide bonds. The molecule has 3 nitrogen and oxygen atoms in total. The first-order valence-electron chi connectivity index (χ1n) is 4.81. The Labute approximate surface area is 80.4 Å². The molecule has 0 aliphatic carbocycles. The van der Waals surface area contributed by atoms with Gasteiger partial charge in [0, 0.05) is 19.6 Å². The SMILES string of the molecule is COC(=O)CCCOCCC(C)C. The van der Waals surface area contributed by atoms with Crippen LogP contribution in [0.5, 0.6) is 0 Å². The van der Waals surface area contributed by atoms with Gasteiger partial charge in [-0.25, -0.2) is 0 Å². The quantitative estimate of drug-likeness (QED) is 0.453. The first-order chi connectivity index (χ1) is 6.16. The van der Waals surface area contributed by atoms with Crippen LogP contribution in [0.4, 0.5) is 0 Å². The molecular formula is C10H20O3. The lowest BCUT2D eigenvalue weighted by Crippen LogP contribution is -2.04. The van der Waals surface area contributed by atoms with Crippen LogP contribution in [0.15, 0.2) is 0 Å². The molecule has 0 N–H and O–H groups in total. The van der Waals surface area contributed by atoms with Gasteiger partial charge in [-0.3, -0.25) is 4.79 Å². The molecule has 0 saturated carbocycles. The van der Waals surface area contributed by atoms with Crippen molar-refractivity contribution in [3.8, 4) is 0 Å². The summed E-state index contributed by atoms with van der Waals surface area (Å²) in [6.45, 7) is 5.77. The largest absolute Gasteiger partial charge is 0.469 e. The molecule has 78 valence electrons. The summed E-state index contributed by atoms with van der Waals surface area (Å²) in [5, 5.41) is 0. The highest BCUT2D eigenvalue weighted by Gasteiger charge is 1.99. The summed E-state index contributed by atoms with van der Waals surface area (Å²) in [4.78, 5) is 10.7. The van der Waals surface area contributed by atoms with Crippen molar-refractivity contribution in [1.29, 1.82) is 0 Å². The molecule has 0 aromatic heterocycles. The maximum absolute atomic E-state index is 10.7.